The van der Waals surface area contributed by atoms with E-state index in [2.05, 4.69) is 15.3 Å². The summed E-state index contributed by atoms with van der Waals surface area (Å²) in [4.78, 5) is 19.5. The van der Waals surface area contributed by atoms with Crippen LogP contribution in [0.5, 0.6) is 0 Å². The van der Waals surface area contributed by atoms with E-state index in [1.807, 2.05) is 12.1 Å². The second-order valence-corrected chi connectivity index (χ2v) is 5.02. The van der Waals surface area contributed by atoms with Crippen LogP contribution in [0.4, 0.5) is 0 Å². The average Bonchev–Trinajstić information content (AvgIpc) is 2.39. The Labute approximate surface area is 109 Å². The summed E-state index contributed by atoms with van der Waals surface area (Å²) in [5.74, 6) is 1.12. The number of nitrogens with zero attached hydrogens (tertiary/aromatic N) is 1. The third-order valence-corrected chi connectivity index (χ3v) is 3.74. The van der Waals surface area contributed by atoms with Crippen molar-refractivity contribution in [2.75, 3.05) is 13.1 Å². The fraction of sp³-hybridized carbons (Fsp3) is 0.385. The number of nitrogens with one attached hydrogen (secondary N) is 2. The Morgan fingerprint density at radius 3 is 2.83 bits per heavy atom. The van der Waals surface area contributed by atoms with Gasteiger partial charge in [0.05, 0.1) is 15.9 Å². The Hall–Kier alpha value is -1.39. The van der Waals surface area contributed by atoms with Gasteiger partial charge in [-0.2, -0.15) is 0 Å². The molecular formula is C13H14ClN3O. The topological polar surface area (TPSA) is 57.8 Å². The molecule has 5 heteroatoms. The molecule has 1 aliphatic rings. The van der Waals surface area contributed by atoms with Crippen molar-refractivity contribution in [1.82, 2.24) is 15.3 Å². The molecule has 2 aromatic rings. The van der Waals surface area contributed by atoms with Crippen molar-refractivity contribution in [3.05, 3.63) is 39.4 Å². The molecule has 0 atom stereocenters. The smallest absolute Gasteiger partial charge is 0.260 e. The van der Waals surface area contributed by atoms with Crippen LogP contribution in [0, 0.1) is 0 Å². The number of aromatic nitrogens is 2. The highest BCUT2D eigenvalue weighted by Crippen LogP contribution is 2.24. The molecule has 2 heterocycles. The van der Waals surface area contributed by atoms with Crippen molar-refractivity contribution in [2.45, 2.75) is 18.8 Å². The van der Waals surface area contributed by atoms with E-state index in [1.54, 1.807) is 6.07 Å². The van der Waals surface area contributed by atoms with Crippen LogP contribution in [-0.4, -0.2) is 23.1 Å². The number of fused-ring (bicyclic) bond motifs is 1. The van der Waals surface area contributed by atoms with E-state index >= 15 is 0 Å². The van der Waals surface area contributed by atoms with Crippen molar-refractivity contribution in [3.8, 4) is 0 Å². The van der Waals surface area contributed by atoms with Crippen LogP contribution >= 0.6 is 11.6 Å². The van der Waals surface area contributed by atoms with Crippen LogP contribution in [-0.2, 0) is 0 Å². The lowest BCUT2D eigenvalue weighted by molar-refractivity contribution is 0.445. The maximum Gasteiger partial charge on any atom is 0.260 e. The van der Waals surface area contributed by atoms with Gasteiger partial charge in [-0.1, -0.05) is 17.7 Å². The highest BCUT2D eigenvalue weighted by atomic mass is 35.5. The number of H-pyrrole nitrogens is 1. The summed E-state index contributed by atoms with van der Waals surface area (Å²) in [5, 5.41) is 4.24. The molecule has 1 aliphatic heterocycles. The SMILES string of the molecule is O=c1[nH]c(C2CCNCC2)nc2cccc(Cl)c12. The highest BCUT2D eigenvalue weighted by Gasteiger charge is 2.18. The van der Waals surface area contributed by atoms with Crippen LogP contribution in [0.2, 0.25) is 5.02 Å². The molecule has 0 radical (unpaired) electrons. The maximum atomic E-state index is 12.1. The normalized spacial score (nSPS) is 17.2. The van der Waals surface area contributed by atoms with E-state index in [-0.39, 0.29) is 5.56 Å². The Kier molecular flexibility index (Phi) is 3.06. The lowest BCUT2D eigenvalue weighted by Crippen LogP contribution is -2.28. The van der Waals surface area contributed by atoms with Gasteiger partial charge in [0.15, 0.2) is 0 Å². The average molecular weight is 264 g/mol. The summed E-state index contributed by atoms with van der Waals surface area (Å²) in [6.07, 6.45) is 2.02. The zero-order valence-electron chi connectivity index (χ0n) is 9.87. The molecule has 1 saturated heterocycles. The number of halogens is 1. The molecule has 0 saturated carbocycles. The van der Waals surface area contributed by atoms with Crippen molar-refractivity contribution < 1.29 is 0 Å². The van der Waals surface area contributed by atoms with E-state index in [1.165, 1.54) is 0 Å². The molecule has 0 aliphatic carbocycles. The van der Waals surface area contributed by atoms with Gasteiger partial charge in [-0.25, -0.2) is 4.98 Å². The minimum Gasteiger partial charge on any atom is -0.317 e. The predicted molar refractivity (Wildman–Crippen MR) is 72.2 cm³/mol. The van der Waals surface area contributed by atoms with Gasteiger partial charge < -0.3 is 10.3 Å². The Balaban J connectivity index is 2.12. The molecule has 2 N–H and O–H groups in total. The second-order valence-electron chi connectivity index (χ2n) is 4.61. The number of benzene rings is 1. The number of piperidine rings is 1. The van der Waals surface area contributed by atoms with Crippen LogP contribution in [0.25, 0.3) is 10.9 Å². The van der Waals surface area contributed by atoms with E-state index in [0.717, 1.165) is 31.8 Å². The minimum absolute atomic E-state index is 0.140. The first kappa shape index (κ1) is 11.7. The van der Waals surface area contributed by atoms with Gasteiger partial charge in [-0.3, -0.25) is 4.79 Å². The fourth-order valence-corrected chi connectivity index (χ4v) is 2.71. The van der Waals surface area contributed by atoms with Crippen molar-refractivity contribution in [2.24, 2.45) is 0 Å². The van der Waals surface area contributed by atoms with Gasteiger partial charge >= 0.3 is 0 Å². The summed E-state index contributed by atoms with van der Waals surface area (Å²) in [6, 6.07) is 5.37. The summed E-state index contributed by atoms with van der Waals surface area (Å²) in [6.45, 7) is 1.95. The van der Waals surface area contributed by atoms with Crippen molar-refractivity contribution >= 4 is 22.5 Å². The molecule has 18 heavy (non-hydrogen) atoms. The third-order valence-electron chi connectivity index (χ3n) is 3.43. The monoisotopic (exact) mass is 263 g/mol. The number of rotatable bonds is 1. The van der Waals surface area contributed by atoms with Crippen LogP contribution in [0.3, 0.4) is 0 Å². The van der Waals surface area contributed by atoms with E-state index < -0.39 is 0 Å². The molecule has 3 rings (SSSR count). The first-order valence-electron chi connectivity index (χ1n) is 6.15. The first-order chi connectivity index (χ1) is 8.75. The van der Waals surface area contributed by atoms with Crippen molar-refractivity contribution in [1.29, 1.82) is 0 Å². The molecule has 0 unspecified atom stereocenters. The molecular weight excluding hydrogens is 250 g/mol. The number of hydrogen-bond acceptors (Lipinski definition) is 3. The van der Waals surface area contributed by atoms with Gasteiger partial charge in [0.25, 0.3) is 5.56 Å². The second kappa shape index (κ2) is 4.71. The van der Waals surface area contributed by atoms with Gasteiger partial charge in [0, 0.05) is 5.92 Å². The highest BCUT2D eigenvalue weighted by molar-refractivity contribution is 6.35. The van der Waals surface area contributed by atoms with Gasteiger partial charge in [0.2, 0.25) is 0 Å². The van der Waals surface area contributed by atoms with E-state index in [4.69, 9.17) is 11.6 Å². The molecule has 0 amide bonds. The summed E-state index contributed by atoms with van der Waals surface area (Å²) in [7, 11) is 0. The Bertz CT molecular complexity index is 632. The molecule has 94 valence electrons. The predicted octanol–water partition coefficient (Wildman–Crippen LogP) is 2.04. The quantitative estimate of drug-likeness (QED) is 0.828. The third kappa shape index (κ3) is 2.02. The van der Waals surface area contributed by atoms with E-state index in [0.29, 0.717) is 21.8 Å². The standard InChI is InChI=1S/C13H14ClN3O/c14-9-2-1-3-10-11(9)13(18)17-12(16-10)8-4-6-15-7-5-8/h1-3,8,15H,4-7H2,(H,16,17,18). The van der Waals surface area contributed by atoms with Gasteiger partial charge in [-0.15, -0.1) is 0 Å². The van der Waals surface area contributed by atoms with Gasteiger partial charge in [-0.05, 0) is 38.1 Å². The first-order valence-corrected chi connectivity index (χ1v) is 6.52. The zero-order valence-corrected chi connectivity index (χ0v) is 10.6. The summed E-state index contributed by atoms with van der Waals surface area (Å²) in [5.41, 5.74) is 0.541. The van der Waals surface area contributed by atoms with Gasteiger partial charge in [0.1, 0.15) is 5.82 Å². The van der Waals surface area contributed by atoms with Crippen LogP contribution in [0.1, 0.15) is 24.6 Å². The van der Waals surface area contributed by atoms with Crippen molar-refractivity contribution in [3.63, 3.8) is 0 Å². The minimum atomic E-state index is -0.140. The summed E-state index contributed by atoms with van der Waals surface area (Å²) >= 11 is 6.03. The fourth-order valence-electron chi connectivity index (χ4n) is 2.46. The van der Waals surface area contributed by atoms with Crippen LogP contribution in [0.15, 0.2) is 23.0 Å². The van der Waals surface area contributed by atoms with Crippen LogP contribution < -0.4 is 10.9 Å². The lowest BCUT2D eigenvalue weighted by Gasteiger charge is -2.21. The summed E-state index contributed by atoms with van der Waals surface area (Å²) < 4.78 is 0. The molecule has 1 aromatic heterocycles. The van der Waals surface area contributed by atoms with E-state index in [9.17, 15) is 4.79 Å². The maximum absolute atomic E-state index is 12.1. The molecule has 0 spiro atoms. The number of hydrogen-bond donors (Lipinski definition) is 2. The Morgan fingerprint density at radius 1 is 1.28 bits per heavy atom. The largest absolute Gasteiger partial charge is 0.317 e. The molecule has 4 nitrogen and oxygen atoms in total. The Morgan fingerprint density at radius 2 is 2.06 bits per heavy atom. The lowest BCUT2D eigenvalue weighted by atomic mass is 9.97. The zero-order chi connectivity index (χ0) is 12.5. The molecule has 0 bridgehead atoms. The molecule has 1 fully saturated rings. The number of aromatic amines is 1. The molecule has 1 aromatic carbocycles.